The Balaban J connectivity index is 1.94. The Kier molecular flexibility index (Phi) is 2.10. The smallest absolute Gasteiger partial charge is 0.414 e. The topological polar surface area (TPSA) is 101 Å². The fourth-order valence-corrected chi connectivity index (χ4v) is 1.45. The molecule has 0 spiro atoms. The third-order valence-corrected chi connectivity index (χ3v) is 2.23. The van der Waals surface area contributed by atoms with E-state index in [-0.39, 0.29) is 12.5 Å². The number of carbonyl (C=O) groups excluding carboxylic acids is 1. The molecule has 0 saturated carbocycles. The Labute approximate surface area is 84.5 Å². The number of rotatable bonds is 2. The zero-order valence-electron chi connectivity index (χ0n) is 7.99. The standard InChI is InChI=1S/C7H9N5O3/c1-11-9-5(8-10-11)2-4-3-12(6(4)13)7(14)15/h4H,2-3H2,1H3,(H,14,15)/t4-/m1/s1. The molecule has 8 nitrogen and oxygen atoms in total. The molecule has 1 N–H and O–H groups in total. The molecule has 1 fully saturated rings. The van der Waals surface area contributed by atoms with Crippen molar-refractivity contribution in [2.45, 2.75) is 6.42 Å². The molecule has 2 amide bonds. The first-order valence-electron chi connectivity index (χ1n) is 4.35. The summed E-state index contributed by atoms with van der Waals surface area (Å²) in [7, 11) is 1.63. The van der Waals surface area contributed by atoms with E-state index in [0.29, 0.717) is 12.2 Å². The molecular formula is C7H9N5O3. The highest BCUT2D eigenvalue weighted by Gasteiger charge is 2.41. The van der Waals surface area contributed by atoms with E-state index in [2.05, 4.69) is 15.4 Å². The van der Waals surface area contributed by atoms with Crippen molar-refractivity contribution in [3.8, 4) is 0 Å². The highest BCUT2D eigenvalue weighted by atomic mass is 16.4. The van der Waals surface area contributed by atoms with Crippen molar-refractivity contribution in [2.24, 2.45) is 13.0 Å². The molecule has 0 bridgehead atoms. The zero-order chi connectivity index (χ0) is 11.0. The molecular weight excluding hydrogens is 202 g/mol. The third kappa shape index (κ3) is 1.65. The van der Waals surface area contributed by atoms with Crippen LogP contribution in [0.3, 0.4) is 0 Å². The number of carbonyl (C=O) groups is 2. The average Bonchev–Trinajstić information content (AvgIpc) is 2.56. The Morgan fingerprint density at radius 1 is 1.67 bits per heavy atom. The van der Waals surface area contributed by atoms with Gasteiger partial charge in [-0.25, -0.2) is 9.69 Å². The summed E-state index contributed by atoms with van der Waals surface area (Å²) in [5, 5.41) is 19.8. The summed E-state index contributed by atoms with van der Waals surface area (Å²) in [6, 6.07) is 0. The average molecular weight is 211 g/mol. The first kappa shape index (κ1) is 9.56. The van der Waals surface area contributed by atoms with Gasteiger partial charge in [0.25, 0.3) is 0 Å². The molecule has 1 saturated heterocycles. The van der Waals surface area contributed by atoms with Crippen LogP contribution in [0.25, 0.3) is 0 Å². The van der Waals surface area contributed by atoms with Gasteiger partial charge >= 0.3 is 6.09 Å². The zero-order valence-corrected chi connectivity index (χ0v) is 7.99. The SMILES string of the molecule is Cn1nnc(C[C@@H]2CN(C(=O)O)C2=O)n1. The van der Waals surface area contributed by atoms with Crippen LogP contribution in [0.1, 0.15) is 5.82 Å². The monoisotopic (exact) mass is 211 g/mol. The molecule has 15 heavy (non-hydrogen) atoms. The predicted molar refractivity (Wildman–Crippen MR) is 45.7 cm³/mol. The Hall–Kier alpha value is -1.99. The summed E-state index contributed by atoms with van der Waals surface area (Å²) in [5.74, 6) is -0.263. The van der Waals surface area contributed by atoms with Gasteiger partial charge < -0.3 is 5.11 Å². The molecule has 0 radical (unpaired) electrons. The van der Waals surface area contributed by atoms with Gasteiger partial charge in [0.05, 0.1) is 13.0 Å². The maximum Gasteiger partial charge on any atom is 0.414 e. The van der Waals surface area contributed by atoms with Gasteiger partial charge in [-0.05, 0) is 5.21 Å². The number of nitrogens with zero attached hydrogens (tertiary/aromatic N) is 5. The summed E-state index contributed by atoms with van der Waals surface area (Å²) in [4.78, 5) is 23.8. The number of aryl methyl sites for hydroxylation is 1. The largest absolute Gasteiger partial charge is 0.465 e. The normalized spacial score (nSPS) is 20.2. The van der Waals surface area contributed by atoms with E-state index in [0.717, 1.165) is 4.90 Å². The van der Waals surface area contributed by atoms with Gasteiger partial charge in [0.2, 0.25) is 5.91 Å². The van der Waals surface area contributed by atoms with Gasteiger partial charge in [-0.15, -0.1) is 10.2 Å². The van der Waals surface area contributed by atoms with Crippen LogP contribution in [0, 0.1) is 5.92 Å². The van der Waals surface area contributed by atoms with Crippen LogP contribution in [-0.4, -0.2) is 48.8 Å². The molecule has 0 unspecified atom stereocenters. The second kappa shape index (κ2) is 3.30. The van der Waals surface area contributed by atoms with Crippen LogP contribution in [0.2, 0.25) is 0 Å². The summed E-state index contributed by atoms with van der Waals surface area (Å²) >= 11 is 0. The van der Waals surface area contributed by atoms with Crippen molar-refractivity contribution in [1.29, 1.82) is 0 Å². The summed E-state index contributed by atoms with van der Waals surface area (Å²) in [5.41, 5.74) is 0. The lowest BCUT2D eigenvalue weighted by atomic mass is 9.95. The van der Waals surface area contributed by atoms with Crippen LogP contribution in [0.5, 0.6) is 0 Å². The Morgan fingerprint density at radius 3 is 2.87 bits per heavy atom. The number of hydrogen-bond acceptors (Lipinski definition) is 5. The van der Waals surface area contributed by atoms with Gasteiger partial charge in [-0.1, -0.05) is 0 Å². The van der Waals surface area contributed by atoms with E-state index in [1.54, 1.807) is 7.05 Å². The molecule has 1 aliphatic rings. The first-order valence-corrected chi connectivity index (χ1v) is 4.35. The minimum Gasteiger partial charge on any atom is -0.465 e. The maximum atomic E-state index is 11.3. The molecule has 2 rings (SSSR count). The number of β-lactam (4-membered cyclic amide) rings is 1. The molecule has 2 heterocycles. The second-order valence-electron chi connectivity index (χ2n) is 3.33. The number of carboxylic acid groups (broad SMARTS) is 1. The van der Waals surface area contributed by atoms with Crippen molar-refractivity contribution in [1.82, 2.24) is 25.1 Å². The van der Waals surface area contributed by atoms with Crippen molar-refractivity contribution >= 4 is 12.0 Å². The number of amides is 2. The summed E-state index contributed by atoms with van der Waals surface area (Å²) in [6.45, 7) is 0.215. The Bertz CT molecular complexity index is 415. The first-order chi connectivity index (χ1) is 7.08. The lowest BCUT2D eigenvalue weighted by molar-refractivity contribution is -0.144. The Morgan fingerprint density at radius 2 is 2.40 bits per heavy atom. The highest BCUT2D eigenvalue weighted by molar-refractivity contribution is 5.97. The molecule has 0 aliphatic carbocycles. The van der Waals surface area contributed by atoms with Gasteiger partial charge in [0, 0.05) is 13.0 Å². The van der Waals surface area contributed by atoms with Gasteiger partial charge in [0.15, 0.2) is 5.82 Å². The van der Waals surface area contributed by atoms with Crippen molar-refractivity contribution in [3.63, 3.8) is 0 Å². The van der Waals surface area contributed by atoms with E-state index in [9.17, 15) is 9.59 Å². The maximum absolute atomic E-state index is 11.3. The van der Waals surface area contributed by atoms with Crippen molar-refractivity contribution < 1.29 is 14.7 Å². The molecule has 1 aliphatic heterocycles. The number of likely N-dealkylation sites (tertiary alicyclic amines) is 1. The molecule has 8 heteroatoms. The van der Waals surface area contributed by atoms with E-state index in [1.165, 1.54) is 4.80 Å². The minimum absolute atomic E-state index is 0.215. The highest BCUT2D eigenvalue weighted by Crippen LogP contribution is 2.20. The number of imide groups is 1. The summed E-state index contributed by atoms with van der Waals surface area (Å²) < 4.78 is 0. The molecule has 1 aromatic rings. The van der Waals surface area contributed by atoms with E-state index < -0.39 is 12.0 Å². The molecule has 1 atom stereocenters. The number of tetrazole rings is 1. The second-order valence-corrected chi connectivity index (χ2v) is 3.33. The van der Waals surface area contributed by atoms with E-state index in [4.69, 9.17) is 5.11 Å². The predicted octanol–water partition coefficient (Wildman–Crippen LogP) is -1.11. The van der Waals surface area contributed by atoms with Gasteiger partial charge in [-0.2, -0.15) is 4.80 Å². The van der Waals surface area contributed by atoms with E-state index in [1.807, 2.05) is 0 Å². The quantitative estimate of drug-likeness (QED) is 0.622. The van der Waals surface area contributed by atoms with Crippen molar-refractivity contribution in [2.75, 3.05) is 6.54 Å². The number of hydrogen-bond donors (Lipinski definition) is 1. The van der Waals surface area contributed by atoms with Gasteiger partial charge in [-0.3, -0.25) is 4.79 Å². The van der Waals surface area contributed by atoms with E-state index >= 15 is 0 Å². The minimum atomic E-state index is -1.21. The van der Waals surface area contributed by atoms with Crippen molar-refractivity contribution in [3.05, 3.63) is 5.82 Å². The molecule has 80 valence electrons. The fraction of sp³-hybridized carbons (Fsp3) is 0.571. The van der Waals surface area contributed by atoms with Gasteiger partial charge in [0.1, 0.15) is 0 Å². The number of aromatic nitrogens is 4. The fourth-order valence-electron chi connectivity index (χ4n) is 1.45. The van der Waals surface area contributed by atoms with Crippen LogP contribution in [0.15, 0.2) is 0 Å². The van der Waals surface area contributed by atoms with Crippen LogP contribution in [0.4, 0.5) is 4.79 Å². The van der Waals surface area contributed by atoms with Crippen LogP contribution < -0.4 is 0 Å². The lowest BCUT2D eigenvalue weighted by Gasteiger charge is -2.33. The van der Waals surface area contributed by atoms with Crippen LogP contribution >= 0.6 is 0 Å². The third-order valence-electron chi connectivity index (χ3n) is 2.23. The molecule has 1 aromatic heterocycles. The molecule has 0 aromatic carbocycles. The van der Waals surface area contributed by atoms with Crippen LogP contribution in [-0.2, 0) is 18.3 Å². The summed E-state index contributed by atoms with van der Waals surface area (Å²) in [6.07, 6.45) is -0.862. The lowest BCUT2D eigenvalue weighted by Crippen LogP contribution is -2.55.